The summed E-state index contributed by atoms with van der Waals surface area (Å²) >= 11 is 0. The summed E-state index contributed by atoms with van der Waals surface area (Å²) in [6, 6.07) is 0. The Morgan fingerprint density at radius 2 is 1.40 bits per heavy atom. The molecule has 0 fully saturated rings. The van der Waals surface area contributed by atoms with Crippen molar-refractivity contribution < 1.29 is 8.85 Å². The fourth-order valence-corrected chi connectivity index (χ4v) is 5.40. The van der Waals surface area contributed by atoms with Crippen molar-refractivity contribution in [3.8, 4) is 0 Å². The number of rotatable bonds is 7. The van der Waals surface area contributed by atoms with Gasteiger partial charge in [0.15, 0.2) is 0 Å². The van der Waals surface area contributed by atoms with Crippen LogP contribution in [0.1, 0.15) is 65.2 Å². The first-order chi connectivity index (χ1) is 9.86. The van der Waals surface area contributed by atoms with Gasteiger partial charge in [-0.1, -0.05) is 23.3 Å². The molecule has 2 rings (SSSR count). The molecule has 20 heavy (non-hydrogen) atoms. The molecule has 113 valence electrons. The normalized spacial score (nSPS) is 20.2. The van der Waals surface area contributed by atoms with Gasteiger partial charge >= 0.3 is 9.28 Å². The molecule has 0 aromatic heterocycles. The van der Waals surface area contributed by atoms with Crippen LogP contribution in [0, 0.1) is 0 Å². The Balaban J connectivity index is 2.21. The Hall–Kier alpha value is -0.383. The van der Waals surface area contributed by atoms with Crippen LogP contribution in [0.4, 0.5) is 0 Å². The molecule has 1 radical (unpaired) electrons. The second-order valence-electron chi connectivity index (χ2n) is 5.67. The molecule has 0 atom stereocenters. The van der Waals surface area contributed by atoms with E-state index in [1.54, 1.807) is 11.1 Å². The van der Waals surface area contributed by atoms with E-state index in [1.165, 1.54) is 51.4 Å². The van der Waals surface area contributed by atoms with Gasteiger partial charge < -0.3 is 8.85 Å². The van der Waals surface area contributed by atoms with E-state index in [4.69, 9.17) is 8.85 Å². The number of allylic oxidation sites excluding steroid dienone is 4. The zero-order chi connectivity index (χ0) is 14.2. The summed E-state index contributed by atoms with van der Waals surface area (Å²) in [5, 5.41) is 0. The standard InChI is InChI=1S/C17H29O2Si/c1-3-18-20(19-4-2)17(15-11-7-5-8-12-15)16-13-9-6-10-14-16/h11,13,17H,3-10,12,14H2,1-2H3. The highest BCUT2D eigenvalue weighted by molar-refractivity contribution is 6.48. The van der Waals surface area contributed by atoms with E-state index in [0.717, 1.165) is 13.2 Å². The number of hydrogen-bond acceptors (Lipinski definition) is 2. The molecular formula is C17H29O2Si. The van der Waals surface area contributed by atoms with Crippen LogP contribution < -0.4 is 0 Å². The van der Waals surface area contributed by atoms with Crippen molar-refractivity contribution in [2.24, 2.45) is 0 Å². The van der Waals surface area contributed by atoms with Gasteiger partial charge in [0.1, 0.15) is 0 Å². The second kappa shape index (κ2) is 8.80. The minimum absolute atomic E-state index is 0.473. The van der Waals surface area contributed by atoms with E-state index in [2.05, 4.69) is 26.0 Å². The Morgan fingerprint density at radius 3 is 1.75 bits per heavy atom. The molecule has 2 aliphatic rings. The van der Waals surface area contributed by atoms with Crippen LogP contribution in [0.5, 0.6) is 0 Å². The van der Waals surface area contributed by atoms with Gasteiger partial charge in [0.25, 0.3) is 0 Å². The SMILES string of the molecule is CCO[Si](OCC)C(C1=CCCCC1)C1=CCCCC1. The highest BCUT2D eigenvalue weighted by atomic mass is 28.3. The van der Waals surface area contributed by atoms with E-state index in [0.29, 0.717) is 5.54 Å². The molecule has 0 heterocycles. The van der Waals surface area contributed by atoms with Gasteiger partial charge in [0.2, 0.25) is 0 Å². The lowest BCUT2D eigenvalue weighted by Gasteiger charge is -2.31. The minimum atomic E-state index is -1.22. The van der Waals surface area contributed by atoms with Gasteiger partial charge in [-0.05, 0) is 65.2 Å². The molecule has 2 nitrogen and oxygen atoms in total. The molecule has 0 bridgehead atoms. The van der Waals surface area contributed by atoms with Crippen molar-refractivity contribution in [2.75, 3.05) is 13.2 Å². The minimum Gasteiger partial charge on any atom is -0.393 e. The van der Waals surface area contributed by atoms with Gasteiger partial charge in [-0.3, -0.25) is 0 Å². The van der Waals surface area contributed by atoms with Gasteiger partial charge in [-0.2, -0.15) is 0 Å². The highest BCUT2D eigenvalue weighted by Gasteiger charge is 2.34. The fraction of sp³-hybridized carbons (Fsp3) is 0.765. The molecule has 2 aliphatic carbocycles. The van der Waals surface area contributed by atoms with E-state index in [9.17, 15) is 0 Å². The first kappa shape index (κ1) is 16.0. The molecule has 0 saturated carbocycles. The Morgan fingerprint density at radius 1 is 0.900 bits per heavy atom. The predicted octanol–water partition coefficient (Wildman–Crippen LogP) is 4.92. The summed E-state index contributed by atoms with van der Waals surface area (Å²) in [6.45, 7) is 5.72. The first-order valence-corrected chi connectivity index (χ1v) is 9.76. The summed E-state index contributed by atoms with van der Waals surface area (Å²) in [5.41, 5.74) is 3.70. The molecular weight excluding hydrogens is 264 g/mol. The fourth-order valence-electron chi connectivity index (χ4n) is 3.28. The van der Waals surface area contributed by atoms with Crippen molar-refractivity contribution in [1.29, 1.82) is 0 Å². The maximum atomic E-state index is 6.05. The summed E-state index contributed by atoms with van der Waals surface area (Å²) in [7, 11) is -1.22. The molecule has 0 aromatic rings. The quantitative estimate of drug-likeness (QED) is 0.490. The molecule has 0 saturated heterocycles. The molecule has 3 heteroatoms. The van der Waals surface area contributed by atoms with Crippen LogP contribution in [0.2, 0.25) is 5.54 Å². The molecule has 0 amide bonds. The van der Waals surface area contributed by atoms with Crippen LogP contribution in [0.25, 0.3) is 0 Å². The lowest BCUT2D eigenvalue weighted by molar-refractivity contribution is 0.208. The molecule has 0 N–H and O–H groups in total. The van der Waals surface area contributed by atoms with Crippen LogP contribution in [0.15, 0.2) is 23.3 Å². The van der Waals surface area contributed by atoms with E-state index in [-0.39, 0.29) is 0 Å². The maximum Gasteiger partial charge on any atom is 0.396 e. The smallest absolute Gasteiger partial charge is 0.393 e. The average Bonchev–Trinajstić information content (AvgIpc) is 2.50. The second-order valence-corrected chi connectivity index (χ2v) is 7.46. The van der Waals surface area contributed by atoms with Crippen molar-refractivity contribution in [3.05, 3.63) is 23.3 Å². The third-order valence-electron chi connectivity index (χ3n) is 4.20. The van der Waals surface area contributed by atoms with Crippen LogP contribution in [-0.2, 0) is 8.85 Å². The summed E-state index contributed by atoms with van der Waals surface area (Å²) in [6.07, 6.45) is 15.3. The summed E-state index contributed by atoms with van der Waals surface area (Å²) in [5.74, 6) is 0. The lowest BCUT2D eigenvalue weighted by Crippen LogP contribution is -2.32. The monoisotopic (exact) mass is 293 g/mol. The largest absolute Gasteiger partial charge is 0.396 e. The van der Waals surface area contributed by atoms with Gasteiger partial charge in [0, 0.05) is 18.8 Å². The predicted molar refractivity (Wildman–Crippen MR) is 85.9 cm³/mol. The molecule has 0 unspecified atom stereocenters. The Kier molecular flexibility index (Phi) is 7.04. The van der Waals surface area contributed by atoms with Crippen molar-refractivity contribution >= 4 is 9.28 Å². The van der Waals surface area contributed by atoms with Crippen molar-refractivity contribution in [3.63, 3.8) is 0 Å². The van der Waals surface area contributed by atoms with Gasteiger partial charge in [-0.15, -0.1) is 0 Å². The zero-order valence-corrected chi connectivity index (χ0v) is 14.1. The third-order valence-corrected chi connectivity index (χ3v) is 6.56. The van der Waals surface area contributed by atoms with Crippen LogP contribution in [-0.4, -0.2) is 22.5 Å². The summed E-state index contributed by atoms with van der Waals surface area (Å²) < 4.78 is 12.1. The van der Waals surface area contributed by atoms with Gasteiger partial charge in [0.05, 0.1) is 0 Å². The average molecular weight is 294 g/mol. The molecule has 0 aliphatic heterocycles. The van der Waals surface area contributed by atoms with Crippen molar-refractivity contribution in [1.82, 2.24) is 0 Å². The first-order valence-electron chi connectivity index (χ1n) is 8.37. The lowest BCUT2D eigenvalue weighted by atomic mass is 9.89. The summed E-state index contributed by atoms with van der Waals surface area (Å²) in [4.78, 5) is 0. The van der Waals surface area contributed by atoms with Crippen molar-refractivity contribution in [2.45, 2.75) is 70.8 Å². The zero-order valence-electron chi connectivity index (χ0n) is 13.1. The highest BCUT2D eigenvalue weighted by Crippen LogP contribution is 2.40. The Labute approximate surface area is 126 Å². The van der Waals surface area contributed by atoms with Crippen LogP contribution >= 0.6 is 0 Å². The molecule has 0 spiro atoms. The van der Waals surface area contributed by atoms with E-state index >= 15 is 0 Å². The third kappa shape index (κ3) is 4.30. The maximum absolute atomic E-state index is 6.05. The van der Waals surface area contributed by atoms with Crippen LogP contribution in [0.3, 0.4) is 0 Å². The number of hydrogen-bond donors (Lipinski definition) is 0. The van der Waals surface area contributed by atoms with Gasteiger partial charge in [-0.25, -0.2) is 0 Å². The topological polar surface area (TPSA) is 18.5 Å². The Bertz CT molecular complexity index is 317. The van der Waals surface area contributed by atoms with E-state index < -0.39 is 9.28 Å². The van der Waals surface area contributed by atoms with E-state index in [1.807, 2.05) is 0 Å². The molecule has 0 aromatic carbocycles.